The first-order valence-corrected chi connectivity index (χ1v) is 5.62. The van der Waals surface area contributed by atoms with Crippen molar-refractivity contribution in [3.63, 3.8) is 0 Å². The molecule has 1 aliphatic carbocycles. The number of ether oxygens (including phenoxy) is 1. The summed E-state index contributed by atoms with van der Waals surface area (Å²) in [5.74, 6) is -0.325. The number of likely N-dealkylation sites (N-methyl/N-ethyl adjacent to an activating group) is 1. The number of nitrogens with two attached hydrogens (primary N) is 1. The van der Waals surface area contributed by atoms with Crippen LogP contribution in [-0.2, 0) is 9.53 Å². The van der Waals surface area contributed by atoms with Gasteiger partial charge in [0.25, 0.3) is 0 Å². The molecule has 0 aromatic rings. The number of rotatable bonds is 6. The summed E-state index contributed by atoms with van der Waals surface area (Å²) in [5, 5.41) is 2.96. The van der Waals surface area contributed by atoms with Gasteiger partial charge < -0.3 is 15.8 Å². The molecule has 1 rings (SSSR count). The number of carbonyl (C=O) groups excluding carboxylic acids is 1. The van der Waals surface area contributed by atoms with Crippen molar-refractivity contribution in [2.75, 3.05) is 7.05 Å². The quantitative estimate of drug-likeness (QED) is 0.687. The lowest BCUT2D eigenvalue weighted by Crippen LogP contribution is -2.53. The van der Waals surface area contributed by atoms with E-state index in [-0.39, 0.29) is 12.0 Å². The summed E-state index contributed by atoms with van der Waals surface area (Å²) in [6.45, 7) is 3.81. The second kappa shape index (κ2) is 4.94. The van der Waals surface area contributed by atoms with E-state index in [1.54, 1.807) is 7.05 Å². The van der Waals surface area contributed by atoms with Crippen LogP contribution in [0.5, 0.6) is 0 Å². The van der Waals surface area contributed by atoms with Gasteiger partial charge in [0.1, 0.15) is 0 Å². The Balaban J connectivity index is 2.39. The lowest BCUT2D eigenvalue weighted by molar-refractivity contribution is -0.126. The normalized spacial score (nSPS) is 22.9. The fraction of sp³-hybridized carbons (Fsp3) is 0.909. The van der Waals surface area contributed by atoms with E-state index in [4.69, 9.17) is 10.5 Å². The van der Waals surface area contributed by atoms with Gasteiger partial charge >= 0.3 is 0 Å². The zero-order valence-corrected chi connectivity index (χ0v) is 9.88. The maximum absolute atomic E-state index is 11.3. The van der Waals surface area contributed by atoms with E-state index >= 15 is 0 Å². The van der Waals surface area contributed by atoms with Gasteiger partial charge in [0, 0.05) is 6.42 Å². The number of nitrogens with one attached hydrogen (secondary N) is 1. The minimum Gasteiger partial charge on any atom is -0.375 e. The van der Waals surface area contributed by atoms with Crippen molar-refractivity contribution >= 4 is 5.91 Å². The van der Waals surface area contributed by atoms with Crippen LogP contribution in [0.2, 0.25) is 0 Å². The molecule has 2 unspecified atom stereocenters. The lowest BCUT2D eigenvalue weighted by atomic mass is 9.92. The maximum Gasteiger partial charge on any atom is 0.237 e. The highest BCUT2D eigenvalue weighted by Crippen LogP contribution is 2.25. The molecule has 4 heteroatoms. The molecule has 0 saturated heterocycles. The van der Waals surface area contributed by atoms with Gasteiger partial charge in [-0.1, -0.05) is 0 Å². The zero-order chi connectivity index (χ0) is 11.5. The van der Waals surface area contributed by atoms with Crippen LogP contribution in [-0.4, -0.2) is 30.7 Å². The van der Waals surface area contributed by atoms with E-state index in [9.17, 15) is 4.79 Å². The Morgan fingerprint density at radius 1 is 1.67 bits per heavy atom. The second-order valence-electron chi connectivity index (χ2n) is 4.65. The third kappa shape index (κ3) is 3.18. The van der Waals surface area contributed by atoms with Crippen LogP contribution >= 0.6 is 0 Å². The molecule has 0 aliphatic heterocycles. The van der Waals surface area contributed by atoms with Gasteiger partial charge in [-0.15, -0.1) is 0 Å². The monoisotopic (exact) mass is 214 g/mol. The first-order valence-electron chi connectivity index (χ1n) is 5.62. The molecule has 4 nitrogen and oxygen atoms in total. The minimum atomic E-state index is -0.664. The summed E-state index contributed by atoms with van der Waals surface area (Å²) in [6.07, 6.45) is 4.65. The van der Waals surface area contributed by atoms with Crippen molar-refractivity contribution in [1.29, 1.82) is 0 Å². The fourth-order valence-electron chi connectivity index (χ4n) is 1.78. The maximum atomic E-state index is 11.3. The number of hydrogen-bond acceptors (Lipinski definition) is 3. The first-order chi connectivity index (χ1) is 6.98. The predicted molar refractivity (Wildman–Crippen MR) is 59.5 cm³/mol. The molecule has 1 amide bonds. The Labute approximate surface area is 91.5 Å². The molecule has 0 spiro atoms. The number of primary amides is 1. The summed E-state index contributed by atoms with van der Waals surface area (Å²) < 4.78 is 5.79. The Kier molecular flexibility index (Phi) is 4.11. The van der Waals surface area contributed by atoms with E-state index in [0.29, 0.717) is 12.5 Å². The number of amides is 1. The van der Waals surface area contributed by atoms with Gasteiger partial charge in [-0.25, -0.2) is 0 Å². The predicted octanol–water partition coefficient (Wildman–Crippen LogP) is 0.797. The summed E-state index contributed by atoms with van der Waals surface area (Å²) in [4.78, 5) is 11.3. The SMILES string of the molecule is CNC(C)(CC(C)OC1CCC1)C(N)=O. The smallest absolute Gasteiger partial charge is 0.237 e. The van der Waals surface area contributed by atoms with E-state index in [1.165, 1.54) is 6.42 Å². The standard InChI is InChI=1S/C11H22N2O2/c1-8(15-9-5-4-6-9)7-11(2,13-3)10(12)14/h8-9,13H,4-7H2,1-3H3,(H2,12,14). The van der Waals surface area contributed by atoms with Crippen LogP contribution in [0.15, 0.2) is 0 Å². The average Bonchev–Trinajstić information content (AvgIpc) is 2.11. The topological polar surface area (TPSA) is 64.3 Å². The fourth-order valence-corrected chi connectivity index (χ4v) is 1.78. The third-order valence-corrected chi connectivity index (χ3v) is 3.27. The summed E-state index contributed by atoms with van der Waals surface area (Å²) in [7, 11) is 1.75. The summed E-state index contributed by atoms with van der Waals surface area (Å²) in [6, 6.07) is 0. The Morgan fingerprint density at radius 3 is 2.60 bits per heavy atom. The van der Waals surface area contributed by atoms with Crippen LogP contribution < -0.4 is 11.1 Å². The molecule has 15 heavy (non-hydrogen) atoms. The molecule has 0 radical (unpaired) electrons. The lowest BCUT2D eigenvalue weighted by Gasteiger charge is -2.33. The highest BCUT2D eigenvalue weighted by molar-refractivity contribution is 5.84. The molecule has 1 saturated carbocycles. The molecule has 88 valence electrons. The van der Waals surface area contributed by atoms with E-state index in [1.807, 2.05) is 13.8 Å². The molecule has 0 bridgehead atoms. The third-order valence-electron chi connectivity index (χ3n) is 3.27. The van der Waals surface area contributed by atoms with Crippen molar-refractivity contribution in [3.05, 3.63) is 0 Å². The van der Waals surface area contributed by atoms with Gasteiger partial charge in [0.15, 0.2) is 0 Å². The van der Waals surface area contributed by atoms with Gasteiger partial charge in [0.2, 0.25) is 5.91 Å². The van der Waals surface area contributed by atoms with Crippen molar-refractivity contribution in [2.45, 2.75) is 57.3 Å². The average molecular weight is 214 g/mol. The van der Waals surface area contributed by atoms with E-state index in [0.717, 1.165) is 12.8 Å². The molecule has 3 N–H and O–H groups in total. The molecule has 0 aromatic heterocycles. The van der Waals surface area contributed by atoms with Crippen LogP contribution in [0.4, 0.5) is 0 Å². The van der Waals surface area contributed by atoms with Crippen molar-refractivity contribution in [3.8, 4) is 0 Å². The van der Waals surface area contributed by atoms with Gasteiger partial charge in [-0.2, -0.15) is 0 Å². The summed E-state index contributed by atoms with van der Waals surface area (Å²) in [5.41, 5.74) is 4.69. The largest absolute Gasteiger partial charge is 0.375 e. The number of hydrogen-bond donors (Lipinski definition) is 2. The van der Waals surface area contributed by atoms with Crippen LogP contribution in [0.25, 0.3) is 0 Å². The van der Waals surface area contributed by atoms with E-state index in [2.05, 4.69) is 5.32 Å². The molecular weight excluding hydrogens is 192 g/mol. The first kappa shape index (κ1) is 12.5. The van der Waals surface area contributed by atoms with Crippen molar-refractivity contribution in [2.24, 2.45) is 5.73 Å². The summed E-state index contributed by atoms with van der Waals surface area (Å²) >= 11 is 0. The zero-order valence-electron chi connectivity index (χ0n) is 9.88. The van der Waals surface area contributed by atoms with Gasteiger partial charge in [-0.05, 0) is 40.2 Å². The minimum absolute atomic E-state index is 0.0697. The molecule has 0 heterocycles. The molecular formula is C11H22N2O2. The molecule has 1 fully saturated rings. The Morgan fingerprint density at radius 2 is 2.27 bits per heavy atom. The second-order valence-corrected chi connectivity index (χ2v) is 4.65. The molecule has 2 atom stereocenters. The van der Waals surface area contributed by atoms with Gasteiger partial charge in [0.05, 0.1) is 17.7 Å². The highest BCUT2D eigenvalue weighted by atomic mass is 16.5. The molecule has 1 aliphatic rings. The van der Waals surface area contributed by atoms with Crippen LogP contribution in [0.1, 0.15) is 39.5 Å². The van der Waals surface area contributed by atoms with E-state index < -0.39 is 5.54 Å². The van der Waals surface area contributed by atoms with Gasteiger partial charge in [-0.3, -0.25) is 4.79 Å². The van der Waals surface area contributed by atoms with Crippen LogP contribution in [0, 0.1) is 0 Å². The number of carbonyl (C=O) groups is 1. The highest BCUT2D eigenvalue weighted by Gasteiger charge is 2.32. The van der Waals surface area contributed by atoms with Crippen LogP contribution in [0.3, 0.4) is 0 Å². The van der Waals surface area contributed by atoms with Crippen molar-refractivity contribution < 1.29 is 9.53 Å². The Hall–Kier alpha value is -0.610. The Bertz CT molecular complexity index is 229. The van der Waals surface area contributed by atoms with Crippen molar-refractivity contribution in [1.82, 2.24) is 5.32 Å². The molecule has 0 aromatic carbocycles.